The van der Waals surface area contributed by atoms with Crippen molar-refractivity contribution in [1.82, 2.24) is 0 Å². The summed E-state index contributed by atoms with van der Waals surface area (Å²) < 4.78 is 0. The van der Waals surface area contributed by atoms with Gasteiger partial charge in [-0.3, -0.25) is 4.79 Å². The van der Waals surface area contributed by atoms with E-state index in [9.17, 15) is 14.7 Å². The number of hydrogen-bond acceptors (Lipinski definition) is 3. The van der Waals surface area contributed by atoms with Gasteiger partial charge in [0.25, 0.3) is 0 Å². The minimum atomic E-state index is -1.00. The Bertz CT molecular complexity index is 501. The lowest BCUT2D eigenvalue weighted by atomic mass is 10.1. The van der Waals surface area contributed by atoms with Gasteiger partial charge >= 0.3 is 5.97 Å². The number of aryl methyl sites for hydroxylation is 1. The number of carboxylic acid groups (broad SMARTS) is 1. The number of carbonyl (C=O) groups is 2. The Balaban J connectivity index is 2.45. The molecule has 1 aromatic rings. The molecule has 1 heterocycles. The van der Waals surface area contributed by atoms with Crippen molar-refractivity contribution in [3.8, 4) is 0 Å². The molecule has 1 amide bonds. The van der Waals surface area contributed by atoms with Crippen LogP contribution in [0.25, 0.3) is 0 Å². The van der Waals surface area contributed by atoms with E-state index in [0.717, 1.165) is 5.56 Å². The second kappa shape index (κ2) is 5.02. The molecule has 1 atom stereocenters. The summed E-state index contributed by atoms with van der Waals surface area (Å²) in [6, 6.07) is 5.05. The summed E-state index contributed by atoms with van der Waals surface area (Å²) in [4.78, 5) is 24.8. The zero-order valence-electron chi connectivity index (χ0n) is 10.1. The number of para-hydroxylation sites is 1. The standard InChI is InChI=1S/C13H15NO3S/c1-8-3-2-4-10(13(16)17)12(8)14-6-9(7-18)5-11(14)15/h2-4,9,18H,5-7H2,1H3,(H,16,17). The molecule has 0 aliphatic carbocycles. The van der Waals surface area contributed by atoms with Crippen molar-refractivity contribution in [2.24, 2.45) is 5.92 Å². The molecule has 1 aliphatic heterocycles. The lowest BCUT2D eigenvalue weighted by molar-refractivity contribution is -0.117. The van der Waals surface area contributed by atoms with Gasteiger partial charge in [-0.05, 0) is 30.2 Å². The summed E-state index contributed by atoms with van der Waals surface area (Å²) in [5, 5.41) is 9.21. The van der Waals surface area contributed by atoms with Crippen LogP contribution in [0.4, 0.5) is 5.69 Å². The van der Waals surface area contributed by atoms with Gasteiger partial charge in [0.2, 0.25) is 5.91 Å². The molecule has 1 aromatic carbocycles. The predicted octanol–water partition coefficient (Wildman–Crippen LogP) is 1.98. The van der Waals surface area contributed by atoms with Gasteiger partial charge in [0, 0.05) is 13.0 Å². The zero-order valence-corrected chi connectivity index (χ0v) is 11.0. The van der Waals surface area contributed by atoms with Gasteiger partial charge in [0.15, 0.2) is 0 Å². The Morgan fingerprint density at radius 2 is 2.28 bits per heavy atom. The predicted molar refractivity (Wildman–Crippen MR) is 72.5 cm³/mol. The smallest absolute Gasteiger partial charge is 0.337 e. The van der Waals surface area contributed by atoms with E-state index in [0.29, 0.717) is 24.4 Å². The monoisotopic (exact) mass is 265 g/mol. The summed E-state index contributed by atoms with van der Waals surface area (Å²) >= 11 is 4.21. The molecule has 0 bridgehead atoms. The Morgan fingerprint density at radius 3 is 2.83 bits per heavy atom. The first kappa shape index (κ1) is 13.0. The third-order valence-electron chi connectivity index (χ3n) is 3.20. The molecule has 5 heteroatoms. The minimum absolute atomic E-state index is 0.0224. The number of amides is 1. The second-order valence-corrected chi connectivity index (χ2v) is 4.90. The Morgan fingerprint density at radius 1 is 1.56 bits per heavy atom. The molecule has 0 spiro atoms. The van der Waals surface area contributed by atoms with Crippen LogP contribution in [-0.2, 0) is 4.79 Å². The molecular weight excluding hydrogens is 250 g/mol. The van der Waals surface area contributed by atoms with Crippen molar-refractivity contribution in [1.29, 1.82) is 0 Å². The van der Waals surface area contributed by atoms with E-state index >= 15 is 0 Å². The number of benzene rings is 1. The summed E-state index contributed by atoms with van der Waals surface area (Å²) in [5.74, 6) is -0.194. The summed E-state index contributed by atoms with van der Waals surface area (Å²) in [5.41, 5.74) is 1.52. The lowest BCUT2D eigenvalue weighted by Crippen LogP contribution is -2.27. The first-order chi connectivity index (χ1) is 8.54. The highest BCUT2D eigenvalue weighted by Crippen LogP contribution is 2.31. The third kappa shape index (κ3) is 2.22. The lowest BCUT2D eigenvalue weighted by Gasteiger charge is -2.21. The van der Waals surface area contributed by atoms with Crippen LogP contribution in [0.1, 0.15) is 22.3 Å². The number of aromatic carboxylic acids is 1. The Hall–Kier alpha value is -1.49. The first-order valence-corrected chi connectivity index (χ1v) is 6.42. The van der Waals surface area contributed by atoms with Crippen LogP contribution in [0.2, 0.25) is 0 Å². The highest BCUT2D eigenvalue weighted by atomic mass is 32.1. The van der Waals surface area contributed by atoms with E-state index in [2.05, 4.69) is 12.6 Å². The van der Waals surface area contributed by atoms with Crippen LogP contribution in [0.15, 0.2) is 18.2 Å². The maximum Gasteiger partial charge on any atom is 0.337 e. The highest BCUT2D eigenvalue weighted by molar-refractivity contribution is 7.80. The average Bonchev–Trinajstić information content (AvgIpc) is 2.70. The van der Waals surface area contributed by atoms with Crippen LogP contribution < -0.4 is 4.90 Å². The molecule has 0 aromatic heterocycles. The van der Waals surface area contributed by atoms with Crippen molar-refractivity contribution < 1.29 is 14.7 Å². The number of nitrogens with zero attached hydrogens (tertiary/aromatic N) is 1. The van der Waals surface area contributed by atoms with E-state index < -0.39 is 5.97 Å². The van der Waals surface area contributed by atoms with Gasteiger partial charge in [-0.2, -0.15) is 12.6 Å². The fraction of sp³-hybridized carbons (Fsp3) is 0.385. The Labute approximate surface area is 111 Å². The molecule has 4 nitrogen and oxygen atoms in total. The van der Waals surface area contributed by atoms with E-state index in [1.807, 2.05) is 13.0 Å². The van der Waals surface area contributed by atoms with Gasteiger partial charge in [0.1, 0.15) is 0 Å². The van der Waals surface area contributed by atoms with Crippen LogP contribution in [0, 0.1) is 12.8 Å². The summed E-state index contributed by atoms with van der Waals surface area (Å²) in [6.07, 6.45) is 0.441. The minimum Gasteiger partial charge on any atom is -0.478 e. The molecule has 1 N–H and O–H groups in total. The van der Waals surface area contributed by atoms with Gasteiger partial charge < -0.3 is 10.0 Å². The molecule has 18 heavy (non-hydrogen) atoms. The molecule has 1 fully saturated rings. The van der Waals surface area contributed by atoms with Gasteiger partial charge in [-0.25, -0.2) is 4.79 Å². The highest BCUT2D eigenvalue weighted by Gasteiger charge is 2.32. The van der Waals surface area contributed by atoms with Crippen LogP contribution in [-0.4, -0.2) is 29.3 Å². The maximum absolute atomic E-state index is 12.0. The number of thiol groups is 1. The Kier molecular flexibility index (Phi) is 3.61. The van der Waals surface area contributed by atoms with Crippen molar-refractivity contribution in [2.45, 2.75) is 13.3 Å². The van der Waals surface area contributed by atoms with Crippen LogP contribution in [0.5, 0.6) is 0 Å². The molecular formula is C13H15NO3S. The van der Waals surface area contributed by atoms with Crippen molar-refractivity contribution >= 4 is 30.2 Å². The van der Waals surface area contributed by atoms with E-state index in [-0.39, 0.29) is 17.4 Å². The summed E-state index contributed by atoms with van der Waals surface area (Å²) in [6.45, 7) is 2.37. The molecule has 0 saturated carbocycles. The molecule has 0 radical (unpaired) electrons. The summed E-state index contributed by atoms with van der Waals surface area (Å²) in [7, 11) is 0. The number of carbonyl (C=O) groups excluding carboxylic acids is 1. The quantitative estimate of drug-likeness (QED) is 0.822. The molecule has 1 unspecified atom stereocenters. The normalized spacial score (nSPS) is 19.3. The van der Waals surface area contributed by atoms with Gasteiger partial charge in [-0.1, -0.05) is 12.1 Å². The first-order valence-electron chi connectivity index (χ1n) is 5.78. The van der Waals surface area contributed by atoms with Gasteiger partial charge in [0.05, 0.1) is 11.3 Å². The van der Waals surface area contributed by atoms with Crippen molar-refractivity contribution in [3.63, 3.8) is 0 Å². The maximum atomic E-state index is 12.0. The molecule has 1 aliphatic rings. The fourth-order valence-corrected chi connectivity index (χ4v) is 2.55. The number of hydrogen-bond donors (Lipinski definition) is 2. The largest absolute Gasteiger partial charge is 0.478 e. The molecule has 2 rings (SSSR count). The second-order valence-electron chi connectivity index (χ2n) is 4.53. The van der Waals surface area contributed by atoms with Crippen LogP contribution >= 0.6 is 12.6 Å². The van der Waals surface area contributed by atoms with Gasteiger partial charge in [-0.15, -0.1) is 0 Å². The fourth-order valence-electron chi connectivity index (χ4n) is 2.31. The van der Waals surface area contributed by atoms with Crippen LogP contribution in [0.3, 0.4) is 0 Å². The van der Waals surface area contributed by atoms with E-state index in [4.69, 9.17) is 0 Å². The van der Waals surface area contributed by atoms with E-state index in [1.165, 1.54) is 6.07 Å². The average molecular weight is 265 g/mol. The molecule has 96 valence electrons. The number of rotatable bonds is 3. The SMILES string of the molecule is Cc1cccc(C(=O)O)c1N1CC(CS)CC1=O. The third-order valence-corrected chi connectivity index (χ3v) is 3.72. The zero-order chi connectivity index (χ0) is 13.3. The van der Waals surface area contributed by atoms with E-state index in [1.54, 1.807) is 11.0 Å². The number of carboxylic acids is 1. The topological polar surface area (TPSA) is 57.6 Å². The molecule has 1 saturated heterocycles. The number of anilines is 1. The van der Waals surface area contributed by atoms with Crippen molar-refractivity contribution in [2.75, 3.05) is 17.2 Å². The van der Waals surface area contributed by atoms with Crippen molar-refractivity contribution in [3.05, 3.63) is 29.3 Å².